The highest BCUT2D eigenvalue weighted by atomic mass is 16.5. The first-order valence-electron chi connectivity index (χ1n) is 11.4. The van der Waals surface area contributed by atoms with Crippen molar-refractivity contribution in [3.05, 3.63) is 29.5 Å². The van der Waals surface area contributed by atoms with Crippen LogP contribution in [0.25, 0.3) is 0 Å². The Morgan fingerprint density at radius 2 is 1.60 bits per heavy atom. The summed E-state index contributed by atoms with van der Waals surface area (Å²) in [4.78, 5) is 12.1. The molecule has 0 fully saturated rings. The minimum absolute atomic E-state index is 0.183. The monoisotopic (exact) mass is 419 g/mol. The quantitative estimate of drug-likeness (QED) is 0.306. The largest absolute Gasteiger partial charge is 0.490 e. The highest BCUT2D eigenvalue weighted by molar-refractivity contribution is 5.92. The van der Waals surface area contributed by atoms with E-state index in [1.807, 2.05) is 13.0 Å². The second kappa shape index (κ2) is 13.2. The maximum absolute atomic E-state index is 12.1. The second-order valence-corrected chi connectivity index (χ2v) is 7.51. The van der Waals surface area contributed by atoms with Crippen LogP contribution in [-0.4, -0.2) is 30.9 Å². The highest BCUT2D eigenvalue weighted by Gasteiger charge is 2.29. The number of anilines is 1. The van der Waals surface area contributed by atoms with Crippen molar-refractivity contribution in [3.8, 4) is 11.5 Å². The van der Waals surface area contributed by atoms with E-state index in [1.165, 1.54) is 44.7 Å². The molecular formula is C24H37NO5. The first-order chi connectivity index (χ1) is 14.6. The summed E-state index contributed by atoms with van der Waals surface area (Å²) < 4.78 is 16.7. The number of unbranched alkanes of at least 4 members (excludes halogenated alkanes) is 7. The van der Waals surface area contributed by atoms with Crippen LogP contribution in [-0.2, 0) is 9.53 Å². The molecular weight excluding hydrogens is 382 g/mol. The zero-order chi connectivity index (χ0) is 21.8. The van der Waals surface area contributed by atoms with Crippen molar-refractivity contribution in [2.24, 2.45) is 0 Å². The fraction of sp³-hybridized carbons (Fsp3) is 0.625. The van der Waals surface area contributed by atoms with Crippen LogP contribution >= 0.6 is 0 Å². The molecule has 6 nitrogen and oxygen atoms in total. The van der Waals surface area contributed by atoms with E-state index in [1.54, 1.807) is 13.0 Å². The summed E-state index contributed by atoms with van der Waals surface area (Å²) in [6.07, 6.45) is 10.3. The van der Waals surface area contributed by atoms with Crippen molar-refractivity contribution >= 4 is 11.7 Å². The SMILES string of the molecule is CCCCCCCCCCOc1cc2c(cc1OCC)NC=C(C(=O)OCC)C2O. The standard InChI is InChI=1S/C24H37NO5/c1-4-7-8-9-10-11-12-13-14-30-21-15-18-20(16-22(21)28-5-2)25-17-19(23(18)26)24(27)29-6-3/h15-17,23,25-26H,4-14H2,1-3H3. The van der Waals surface area contributed by atoms with E-state index in [-0.39, 0.29) is 12.2 Å². The first kappa shape index (κ1) is 24.1. The lowest BCUT2D eigenvalue weighted by Crippen LogP contribution is -2.20. The summed E-state index contributed by atoms with van der Waals surface area (Å²) in [5.41, 5.74) is 1.45. The molecule has 1 aromatic carbocycles. The Kier molecular flexibility index (Phi) is 10.6. The Bertz CT molecular complexity index is 701. The highest BCUT2D eigenvalue weighted by Crippen LogP contribution is 2.41. The van der Waals surface area contributed by atoms with Crippen LogP contribution in [0.1, 0.15) is 83.8 Å². The van der Waals surface area contributed by atoms with Crippen molar-refractivity contribution in [2.75, 3.05) is 25.1 Å². The predicted octanol–water partition coefficient (Wildman–Crippen LogP) is 5.51. The van der Waals surface area contributed by atoms with Crippen molar-refractivity contribution < 1.29 is 24.1 Å². The third-order valence-electron chi connectivity index (χ3n) is 5.15. The van der Waals surface area contributed by atoms with Crippen LogP contribution in [0.3, 0.4) is 0 Å². The van der Waals surface area contributed by atoms with Crippen LogP contribution in [0.5, 0.6) is 11.5 Å². The Morgan fingerprint density at radius 1 is 0.933 bits per heavy atom. The number of esters is 1. The van der Waals surface area contributed by atoms with Gasteiger partial charge in [0.15, 0.2) is 11.5 Å². The van der Waals surface area contributed by atoms with E-state index in [2.05, 4.69) is 12.2 Å². The Hall–Kier alpha value is -2.21. The molecule has 2 rings (SSSR count). The second-order valence-electron chi connectivity index (χ2n) is 7.51. The fourth-order valence-corrected chi connectivity index (χ4v) is 3.51. The number of hydrogen-bond donors (Lipinski definition) is 2. The Labute approximate surface area is 180 Å². The molecule has 1 unspecified atom stereocenters. The van der Waals surface area contributed by atoms with E-state index in [4.69, 9.17) is 14.2 Å². The maximum atomic E-state index is 12.1. The molecule has 1 atom stereocenters. The number of nitrogens with one attached hydrogen (secondary N) is 1. The molecule has 0 radical (unpaired) electrons. The number of ether oxygens (including phenoxy) is 3. The molecule has 1 aliphatic heterocycles. The molecule has 168 valence electrons. The summed E-state index contributed by atoms with van der Waals surface area (Å²) >= 11 is 0. The number of aliphatic hydroxyl groups excluding tert-OH is 1. The molecule has 0 aliphatic carbocycles. The number of carbonyl (C=O) groups excluding carboxylic acids is 1. The topological polar surface area (TPSA) is 77.0 Å². The van der Waals surface area contributed by atoms with Gasteiger partial charge in [0.2, 0.25) is 0 Å². The first-order valence-corrected chi connectivity index (χ1v) is 11.4. The molecule has 30 heavy (non-hydrogen) atoms. The van der Waals surface area contributed by atoms with E-state index < -0.39 is 12.1 Å². The van der Waals surface area contributed by atoms with E-state index >= 15 is 0 Å². The van der Waals surface area contributed by atoms with Crippen LogP contribution in [0.15, 0.2) is 23.9 Å². The average molecular weight is 420 g/mol. The van der Waals surface area contributed by atoms with Gasteiger partial charge in [0, 0.05) is 23.5 Å². The smallest absolute Gasteiger partial charge is 0.338 e. The normalized spacial score (nSPS) is 15.1. The van der Waals surface area contributed by atoms with Crippen molar-refractivity contribution in [2.45, 2.75) is 78.2 Å². The number of carbonyl (C=O) groups is 1. The van der Waals surface area contributed by atoms with Crippen molar-refractivity contribution in [1.82, 2.24) is 0 Å². The van der Waals surface area contributed by atoms with Gasteiger partial charge in [-0.1, -0.05) is 51.9 Å². The molecule has 1 aliphatic rings. The lowest BCUT2D eigenvalue weighted by Gasteiger charge is -2.24. The summed E-state index contributed by atoms with van der Waals surface area (Å²) in [7, 11) is 0. The van der Waals surface area contributed by atoms with Gasteiger partial charge in [0.05, 0.1) is 25.4 Å². The number of rotatable bonds is 14. The van der Waals surface area contributed by atoms with Crippen LogP contribution in [0.4, 0.5) is 5.69 Å². The van der Waals surface area contributed by atoms with Gasteiger partial charge in [-0.3, -0.25) is 0 Å². The van der Waals surface area contributed by atoms with Crippen LogP contribution in [0.2, 0.25) is 0 Å². The molecule has 0 spiro atoms. The van der Waals surface area contributed by atoms with Gasteiger partial charge in [-0.15, -0.1) is 0 Å². The minimum Gasteiger partial charge on any atom is -0.490 e. The molecule has 1 heterocycles. The van der Waals surface area contributed by atoms with Gasteiger partial charge >= 0.3 is 5.97 Å². The number of hydrogen-bond acceptors (Lipinski definition) is 6. The molecule has 6 heteroatoms. The van der Waals surface area contributed by atoms with Crippen LogP contribution in [0, 0.1) is 0 Å². The molecule has 0 aromatic heterocycles. The summed E-state index contributed by atoms with van der Waals surface area (Å²) in [6.45, 7) is 7.25. The lowest BCUT2D eigenvalue weighted by molar-refractivity contribution is -0.139. The van der Waals surface area contributed by atoms with Crippen molar-refractivity contribution in [3.63, 3.8) is 0 Å². The lowest BCUT2D eigenvalue weighted by atomic mass is 9.97. The summed E-state index contributed by atoms with van der Waals surface area (Å²) in [5.74, 6) is 0.687. The van der Waals surface area contributed by atoms with Gasteiger partial charge in [0.25, 0.3) is 0 Å². The van der Waals surface area contributed by atoms with Gasteiger partial charge in [-0.05, 0) is 26.3 Å². The van der Waals surface area contributed by atoms with E-state index in [0.717, 1.165) is 12.8 Å². The number of benzene rings is 1. The molecule has 0 saturated carbocycles. The number of aliphatic hydroxyl groups is 1. The average Bonchev–Trinajstić information content (AvgIpc) is 2.73. The zero-order valence-electron chi connectivity index (χ0n) is 18.7. The molecule has 0 amide bonds. The zero-order valence-corrected chi connectivity index (χ0v) is 18.7. The molecule has 2 N–H and O–H groups in total. The predicted molar refractivity (Wildman–Crippen MR) is 119 cm³/mol. The van der Waals surface area contributed by atoms with E-state index in [0.29, 0.717) is 36.0 Å². The van der Waals surface area contributed by atoms with E-state index in [9.17, 15) is 9.90 Å². The van der Waals surface area contributed by atoms with Crippen LogP contribution < -0.4 is 14.8 Å². The fourth-order valence-electron chi connectivity index (χ4n) is 3.51. The minimum atomic E-state index is -1.07. The maximum Gasteiger partial charge on any atom is 0.338 e. The summed E-state index contributed by atoms with van der Waals surface area (Å²) in [6, 6.07) is 3.57. The molecule has 0 bridgehead atoms. The van der Waals surface area contributed by atoms with Gasteiger partial charge in [0.1, 0.15) is 6.10 Å². The van der Waals surface area contributed by atoms with Crippen molar-refractivity contribution in [1.29, 1.82) is 0 Å². The van der Waals surface area contributed by atoms with Gasteiger partial charge < -0.3 is 24.6 Å². The third-order valence-corrected chi connectivity index (χ3v) is 5.15. The Balaban J connectivity index is 1.95. The summed E-state index contributed by atoms with van der Waals surface area (Å²) in [5, 5.41) is 13.7. The number of fused-ring (bicyclic) bond motifs is 1. The molecule has 0 saturated heterocycles. The Morgan fingerprint density at radius 3 is 2.27 bits per heavy atom. The third kappa shape index (κ3) is 6.94. The molecule has 1 aromatic rings. The van der Waals surface area contributed by atoms with Gasteiger partial charge in [-0.2, -0.15) is 0 Å². The van der Waals surface area contributed by atoms with Gasteiger partial charge in [-0.25, -0.2) is 4.79 Å².